The highest BCUT2D eigenvalue weighted by atomic mass is 19.1. The van der Waals surface area contributed by atoms with Gasteiger partial charge in [-0.15, -0.1) is 5.10 Å². The number of aromatic nitrogens is 3. The molecular formula is C16H14F2N4. The Kier molecular flexibility index (Phi) is 3.03. The fourth-order valence-corrected chi connectivity index (χ4v) is 3.07. The van der Waals surface area contributed by atoms with E-state index in [4.69, 9.17) is 0 Å². The van der Waals surface area contributed by atoms with Gasteiger partial charge in [0.1, 0.15) is 11.6 Å². The summed E-state index contributed by atoms with van der Waals surface area (Å²) in [4.78, 5) is 5.91. The van der Waals surface area contributed by atoms with Crippen LogP contribution in [0.4, 0.5) is 14.6 Å². The predicted molar refractivity (Wildman–Crippen MR) is 78.7 cm³/mol. The second-order valence-electron chi connectivity index (χ2n) is 5.46. The van der Waals surface area contributed by atoms with Gasteiger partial charge in [-0.1, -0.05) is 12.1 Å². The van der Waals surface area contributed by atoms with Gasteiger partial charge in [0, 0.05) is 6.54 Å². The smallest absolute Gasteiger partial charge is 0.233 e. The Bertz CT molecular complexity index is 813. The molecule has 0 amide bonds. The fourth-order valence-electron chi connectivity index (χ4n) is 3.07. The Hall–Kier alpha value is -2.50. The first-order valence-electron chi connectivity index (χ1n) is 7.25. The van der Waals surface area contributed by atoms with Crippen molar-refractivity contribution in [3.63, 3.8) is 0 Å². The van der Waals surface area contributed by atoms with Crippen molar-refractivity contribution in [3.8, 4) is 0 Å². The van der Waals surface area contributed by atoms with Gasteiger partial charge in [-0.2, -0.15) is 9.37 Å². The van der Waals surface area contributed by atoms with E-state index in [2.05, 4.69) is 15.0 Å². The highest BCUT2D eigenvalue weighted by Crippen LogP contribution is 2.35. The van der Waals surface area contributed by atoms with Crippen LogP contribution in [0.25, 0.3) is 5.65 Å². The summed E-state index contributed by atoms with van der Waals surface area (Å²) in [7, 11) is 0. The van der Waals surface area contributed by atoms with Crippen LogP contribution in [-0.2, 0) is 0 Å². The Labute approximate surface area is 126 Å². The molecule has 112 valence electrons. The predicted octanol–water partition coefficient (Wildman–Crippen LogP) is 3.35. The molecule has 1 saturated heterocycles. The van der Waals surface area contributed by atoms with Gasteiger partial charge in [-0.05, 0) is 42.7 Å². The maximum Gasteiger partial charge on any atom is 0.233 e. The third-order valence-corrected chi connectivity index (χ3v) is 4.08. The number of anilines is 1. The highest BCUT2D eigenvalue weighted by Gasteiger charge is 2.27. The van der Waals surface area contributed by atoms with Crippen molar-refractivity contribution in [3.05, 3.63) is 59.9 Å². The van der Waals surface area contributed by atoms with Crippen LogP contribution in [0.1, 0.15) is 24.4 Å². The maximum atomic E-state index is 13.2. The lowest BCUT2D eigenvalue weighted by molar-refractivity contribution is 0.590. The lowest BCUT2D eigenvalue weighted by Gasteiger charge is -2.26. The van der Waals surface area contributed by atoms with Crippen LogP contribution in [0.5, 0.6) is 0 Å². The standard InChI is InChI=1S/C16H14F2N4/c17-12-5-3-11(4-6-12)13-2-1-9-21(13)16-8-7-15-19-14(18)10-22(15)20-16/h3-8,10,13H,1-2,9H2/t13-/m1/s1. The van der Waals surface area contributed by atoms with E-state index >= 15 is 0 Å². The van der Waals surface area contributed by atoms with Crippen molar-refractivity contribution >= 4 is 11.5 Å². The number of halogens is 2. The van der Waals surface area contributed by atoms with E-state index < -0.39 is 5.95 Å². The number of imidazole rings is 1. The van der Waals surface area contributed by atoms with Crippen LogP contribution in [0.3, 0.4) is 0 Å². The molecule has 0 radical (unpaired) electrons. The molecule has 3 heterocycles. The molecule has 0 unspecified atom stereocenters. The van der Waals surface area contributed by atoms with Crippen LogP contribution < -0.4 is 4.90 Å². The molecular weight excluding hydrogens is 286 g/mol. The van der Waals surface area contributed by atoms with E-state index in [1.54, 1.807) is 6.07 Å². The second kappa shape index (κ2) is 5.05. The molecule has 0 saturated carbocycles. The maximum absolute atomic E-state index is 13.2. The summed E-state index contributed by atoms with van der Waals surface area (Å²) in [5.74, 6) is -0.000358. The molecule has 3 aromatic rings. The summed E-state index contributed by atoms with van der Waals surface area (Å²) in [6, 6.07) is 10.4. The lowest BCUT2D eigenvalue weighted by atomic mass is 10.0. The average Bonchev–Trinajstić information content (AvgIpc) is 3.12. The third-order valence-electron chi connectivity index (χ3n) is 4.08. The monoisotopic (exact) mass is 300 g/mol. The van der Waals surface area contributed by atoms with E-state index in [9.17, 15) is 8.78 Å². The van der Waals surface area contributed by atoms with Crippen LogP contribution in [0.15, 0.2) is 42.6 Å². The van der Waals surface area contributed by atoms with Gasteiger partial charge in [-0.3, -0.25) is 0 Å². The summed E-state index contributed by atoms with van der Waals surface area (Å²) in [6.45, 7) is 0.873. The van der Waals surface area contributed by atoms with Gasteiger partial charge in [0.15, 0.2) is 5.65 Å². The van der Waals surface area contributed by atoms with E-state index in [-0.39, 0.29) is 11.9 Å². The van der Waals surface area contributed by atoms with Crippen molar-refractivity contribution in [2.75, 3.05) is 11.4 Å². The average molecular weight is 300 g/mol. The van der Waals surface area contributed by atoms with Gasteiger partial charge in [0.05, 0.1) is 12.2 Å². The minimum Gasteiger partial charge on any atom is -0.348 e. The van der Waals surface area contributed by atoms with Crippen LogP contribution in [-0.4, -0.2) is 21.1 Å². The minimum atomic E-state index is -0.541. The molecule has 0 spiro atoms. The first kappa shape index (κ1) is 13.2. The Morgan fingerprint density at radius 3 is 2.68 bits per heavy atom. The largest absolute Gasteiger partial charge is 0.348 e. The molecule has 2 aromatic heterocycles. The van der Waals surface area contributed by atoms with Crippen LogP contribution in [0, 0.1) is 11.8 Å². The summed E-state index contributed by atoms with van der Waals surface area (Å²) in [6.07, 6.45) is 3.30. The van der Waals surface area contributed by atoms with Gasteiger partial charge >= 0.3 is 0 Å². The van der Waals surface area contributed by atoms with Crippen molar-refractivity contribution in [2.45, 2.75) is 18.9 Å². The topological polar surface area (TPSA) is 33.4 Å². The van der Waals surface area contributed by atoms with Crippen LogP contribution in [0.2, 0.25) is 0 Å². The van der Waals surface area contributed by atoms with E-state index in [0.717, 1.165) is 30.8 Å². The highest BCUT2D eigenvalue weighted by molar-refractivity contribution is 5.48. The number of rotatable bonds is 2. The summed E-state index contributed by atoms with van der Waals surface area (Å²) >= 11 is 0. The SMILES string of the molecule is Fc1ccc([C@H]2CCCN2c2ccc3nc(F)cn3n2)cc1. The molecule has 6 heteroatoms. The van der Waals surface area contributed by atoms with Crippen molar-refractivity contribution in [1.82, 2.24) is 14.6 Å². The number of nitrogens with zero attached hydrogens (tertiary/aromatic N) is 4. The Balaban J connectivity index is 1.70. The van der Waals surface area contributed by atoms with E-state index in [1.807, 2.05) is 18.2 Å². The van der Waals surface area contributed by atoms with Crippen LogP contribution >= 0.6 is 0 Å². The lowest BCUT2D eigenvalue weighted by Crippen LogP contribution is -2.24. The molecule has 0 aliphatic carbocycles. The molecule has 4 rings (SSSR count). The molecule has 4 nitrogen and oxygen atoms in total. The molecule has 1 aliphatic heterocycles. The Morgan fingerprint density at radius 1 is 1.05 bits per heavy atom. The van der Waals surface area contributed by atoms with E-state index in [1.165, 1.54) is 22.8 Å². The normalized spacial score (nSPS) is 18.3. The zero-order chi connectivity index (χ0) is 15.1. The summed E-state index contributed by atoms with van der Waals surface area (Å²) < 4.78 is 27.7. The molecule has 0 N–H and O–H groups in total. The van der Waals surface area contributed by atoms with E-state index in [0.29, 0.717) is 5.65 Å². The number of fused-ring (bicyclic) bond motifs is 1. The number of hydrogen-bond acceptors (Lipinski definition) is 3. The number of benzene rings is 1. The van der Waals surface area contributed by atoms with Gasteiger partial charge in [0.2, 0.25) is 5.95 Å². The van der Waals surface area contributed by atoms with Gasteiger partial charge < -0.3 is 4.90 Å². The molecule has 1 atom stereocenters. The quantitative estimate of drug-likeness (QED) is 0.728. The van der Waals surface area contributed by atoms with Crippen molar-refractivity contribution in [1.29, 1.82) is 0 Å². The summed E-state index contributed by atoms with van der Waals surface area (Å²) in [5, 5.41) is 4.44. The van der Waals surface area contributed by atoms with Crippen molar-refractivity contribution in [2.24, 2.45) is 0 Å². The Morgan fingerprint density at radius 2 is 1.86 bits per heavy atom. The first-order chi connectivity index (χ1) is 10.7. The summed E-state index contributed by atoms with van der Waals surface area (Å²) in [5.41, 5.74) is 1.55. The molecule has 1 aliphatic rings. The first-order valence-corrected chi connectivity index (χ1v) is 7.25. The molecule has 1 aromatic carbocycles. The molecule has 1 fully saturated rings. The van der Waals surface area contributed by atoms with Crippen molar-refractivity contribution < 1.29 is 8.78 Å². The van der Waals surface area contributed by atoms with Gasteiger partial charge in [0.25, 0.3) is 0 Å². The fraction of sp³-hybridized carbons (Fsp3) is 0.250. The minimum absolute atomic E-state index is 0.166. The molecule has 22 heavy (non-hydrogen) atoms. The zero-order valence-corrected chi connectivity index (χ0v) is 11.8. The number of hydrogen-bond donors (Lipinski definition) is 0. The second-order valence-corrected chi connectivity index (χ2v) is 5.46. The zero-order valence-electron chi connectivity index (χ0n) is 11.8. The molecule has 0 bridgehead atoms. The third kappa shape index (κ3) is 2.20. The van der Waals surface area contributed by atoms with Gasteiger partial charge in [-0.25, -0.2) is 8.91 Å².